The monoisotopic (exact) mass is 348 g/mol. The third-order valence-electron chi connectivity index (χ3n) is 4.24. The number of hydrogen-bond donors (Lipinski definition) is 1. The number of amides is 1. The van der Waals surface area contributed by atoms with Gasteiger partial charge in [0.25, 0.3) is 5.91 Å². The van der Waals surface area contributed by atoms with E-state index >= 15 is 0 Å². The Labute approximate surface area is 154 Å². The number of aromatic nitrogens is 3. The number of rotatable bonds is 6. The molecular weight excluding hydrogens is 324 g/mol. The van der Waals surface area contributed by atoms with Gasteiger partial charge in [-0.25, -0.2) is 0 Å². The van der Waals surface area contributed by atoms with Crippen LogP contribution in [-0.2, 0) is 13.0 Å². The fraction of sp³-hybridized carbons (Fsp3) is 0.286. The highest BCUT2D eigenvalue weighted by molar-refractivity contribution is 5.94. The largest absolute Gasteiger partial charge is 0.349 e. The molecule has 0 aliphatic heterocycles. The maximum Gasteiger partial charge on any atom is 0.251 e. The molecule has 0 saturated heterocycles. The van der Waals surface area contributed by atoms with Gasteiger partial charge in [-0.05, 0) is 56.7 Å². The van der Waals surface area contributed by atoms with Crippen molar-refractivity contribution in [2.45, 2.75) is 39.8 Å². The number of nitrogens with zero attached hydrogens (tertiary/aromatic N) is 3. The second-order valence-electron chi connectivity index (χ2n) is 6.68. The summed E-state index contributed by atoms with van der Waals surface area (Å²) in [6.07, 6.45) is 2.48. The maximum absolute atomic E-state index is 12.6. The zero-order valence-corrected chi connectivity index (χ0v) is 15.4. The molecule has 1 N–H and O–H groups in total. The van der Waals surface area contributed by atoms with Gasteiger partial charge in [-0.1, -0.05) is 18.2 Å². The molecule has 3 rings (SSSR count). The number of hydrogen-bond acceptors (Lipinski definition) is 3. The molecule has 134 valence electrons. The van der Waals surface area contributed by atoms with Crippen molar-refractivity contribution >= 4 is 5.91 Å². The molecule has 5 heteroatoms. The molecule has 5 nitrogen and oxygen atoms in total. The summed E-state index contributed by atoms with van der Waals surface area (Å²) < 4.78 is 1.95. The van der Waals surface area contributed by atoms with Gasteiger partial charge in [0.1, 0.15) is 0 Å². The van der Waals surface area contributed by atoms with Gasteiger partial charge < -0.3 is 5.32 Å². The maximum atomic E-state index is 12.6. The first kappa shape index (κ1) is 17.9. The van der Waals surface area contributed by atoms with Crippen LogP contribution in [0.5, 0.6) is 0 Å². The minimum atomic E-state index is -0.0661. The van der Waals surface area contributed by atoms with Gasteiger partial charge in [-0.15, -0.1) is 0 Å². The van der Waals surface area contributed by atoms with E-state index < -0.39 is 0 Å². The molecule has 0 fully saturated rings. The standard InChI is InChI=1S/C21H24N4O/c1-15(12-20-9-4-5-10-22-20)23-21(26)19-8-6-7-18(13-19)14-25-17(3)11-16(2)24-25/h4-11,13,15H,12,14H2,1-3H3,(H,23,26). The number of pyridine rings is 1. The fourth-order valence-corrected chi connectivity index (χ4v) is 3.01. The number of carbonyl (C=O) groups is 1. The second-order valence-corrected chi connectivity index (χ2v) is 6.68. The summed E-state index contributed by atoms with van der Waals surface area (Å²) in [6.45, 7) is 6.67. The molecule has 0 aliphatic rings. The summed E-state index contributed by atoms with van der Waals surface area (Å²) in [5.74, 6) is -0.0661. The molecule has 26 heavy (non-hydrogen) atoms. The Kier molecular flexibility index (Phi) is 5.46. The number of aryl methyl sites for hydroxylation is 2. The van der Waals surface area contributed by atoms with Crippen LogP contribution >= 0.6 is 0 Å². The molecule has 0 radical (unpaired) electrons. The van der Waals surface area contributed by atoms with Crippen molar-refractivity contribution in [1.29, 1.82) is 0 Å². The van der Waals surface area contributed by atoms with Crippen LogP contribution < -0.4 is 5.32 Å². The van der Waals surface area contributed by atoms with Gasteiger partial charge in [0.15, 0.2) is 0 Å². The molecule has 0 bridgehead atoms. The van der Waals surface area contributed by atoms with E-state index in [1.54, 1.807) is 6.20 Å². The quantitative estimate of drug-likeness (QED) is 0.743. The lowest BCUT2D eigenvalue weighted by atomic mass is 10.1. The molecule has 0 spiro atoms. The highest BCUT2D eigenvalue weighted by atomic mass is 16.1. The fourth-order valence-electron chi connectivity index (χ4n) is 3.01. The van der Waals surface area contributed by atoms with Crippen molar-refractivity contribution in [2.24, 2.45) is 0 Å². The Bertz CT molecular complexity index is 886. The van der Waals surface area contributed by atoms with Crippen molar-refractivity contribution in [2.75, 3.05) is 0 Å². The topological polar surface area (TPSA) is 59.8 Å². The van der Waals surface area contributed by atoms with Gasteiger partial charge in [-0.3, -0.25) is 14.5 Å². The normalized spacial score (nSPS) is 12.0. The summed E-state index contributed by atoms with van der Waals surface area (Å²) in [4.78, 5) is 16.9. The van der Waals surface area contributed by atoms with E-state index in [4.69, 9.17) is 0 Å². The zero-order valence-electron chi connectivity index (χ0n) is 15.4. The third kappa shape index (κ3) is 4.57. The lowest BCUT2D eigenvalue weighted by Crippen LogP contribution is -2.34. The molecule has 0 saturated carbocycles. The van der Waals surface area contributed by atoms with Gasteiger partial charge in [0, 0.05) is 35.6 Å². The summed E-state index contributed by atoms with van der Waals surface area (Å²) >= 11 is 0. The lowest BCUT2D eigenvalue weighted by molar-refractivity contribution is 0.0940. The minimum absolute atomic E-state index is 0.0112. The van der Waals surface area contributed by atoms with E-state index in [2.05, 4.69) is 21.5 Å². The molecular formula is C21H24N4O. The van der Waals surface area contributed by atoms with Crippen LogP contribution in [0.2, 0.25) is 0 Å². The van der Waals surface area contributed by atoms with Crippen LogP contribution in [0.25, 0.3) is 0 Å². The van der Waals surface area contributed by atoms with E-state index in [0.29, 0.717) is 18.5 Å². The lowest BCUT2D eigenvalue weighted by Gasteiger charge is -2.14. The first-order chi connectivity index (χ1) is 12.5. The average Bonchev–Trinajstić information content (AvgIpc) is 2.93. The Morgan fingerprint density at radius 1 is 1.15 bits per heavy atom. The highest BCUT2D eigenvalue weighted by Gasteiger charge is 2.12. The molecule has 2 heterocycles. The van der Waals surface area contributed by atoms with Gasteiger partial charge >= 0.3 is 0 Å². The SMILES string of the molecule is Cc1cc(C)n(Cc2cccc(C(=O)NC(C)Cc3ccccn3)c2)n1. The Balaban J connectivity index is 1.65. The summed E-state index contributed by atoms with van der Waals surface area (Å²) in [6, 6.07) is 15.6. The van der Waals surface area contributed by atoms with Crippen molar-refractivity contribution < 1.29 is 4.79 Å². The Morgan fingerprint density at radius 2 is 2.00 bits per heavy atom. The zero-order chi connectivity index (χ0) is 18.5. The molecule has 3 aromatic rings. The molecule has 1 aromatic carbocycles. The molecule has 1 amide bonds. The Morgan fingerprint density at radius 3 is 2.69 bits per heavy atom. The van der Waals surface area contributed by atoms with Gasteiger partial charge in [0.2, 0.25) is 0 Å². The first-order valence-corrected chi connectivity index (χ1v) is 8.82. The van der Waals surface area contributed by atoms with Gasteiger partial charge in [-0.2, -0.15) is 5.10 Å². The second kappa shape index (κ2) is 7.95. The summed E-state index contributed by atoms with van der Waals surface area (Å²) in [5.41, 5.74) is 4.80. The predicted molar refractivity (Wildman–Crippen MR) is 102 cm³/mol. The molecule has 0 aliphatic carbocycles. The number of benzene rings is 1. The van der Waals surface area contributed by atoms with E-state index in [-0.39, 0.29) is 11.9 Å². The van der Waals surface area contributed by atoms with Crippen LogP contribution in [-0.4, -0.2) is 26.7 Å². The van der Waals surface area contributed by atoms with Crippen LogP contribution in [0.3, 0.4) is 0 Å². The van der Waals surface area contributed by atoms with E-state index in [0.717, 1.165) is 22.6 Å². The number of carbonyl (C=O) groups excluding carboxylic acids is 1. The van der Waals surface area contributed by atoms with Crippen LogP contribution in [0.4, 0.5) is 0 Å². The van der Waals surface area contributed by atoms with Crippen LogP contribution in [0, 0.1) is 13.8 Å². The van der Waals surface area contributed by atoms with E-state index in [1.165, 1.54) is 0 Å². The summed E-state index contributed by atoms with van der Waals surface area (Å²) in [5, 5.41) is 7.53. The predicted octanol–water partition coefficient (Wildman–Crippen LogP) is 3.30. The third-order valence-corrected chi connectivity index (χ3v) is 4.24. The van der Waals surface area contributed by atoms with Gasteiger partial charge in [0.05, 0.1) is 12.2 Å². The first-order valence-electron chi connectivity index (χ1n) is 8.82. The molecule has 2 aromatic heterocycles. The number of nitrogens with one attached hydrogen (secondary N) is 1. The average molecular weight is 348 g/mol. The van der Waals surface area contributed by atoms with Crippen molar-refractivity contribution in [3.8, 4) is 0 Å². The van der Waals surface area contributed by atoms with Crippen LogP contribution in [0.15, 0.2) is 54.7 Å². The molecule has 1 unspecified atom stereocenters. The van der Waals surface area contributed by atoms with Crippen molar-refractivity contribution in [3.05, 3.63) is 82.9 Å². The van der Waals surface area contributed by atoms with Crippen molar-refractivity contribution in [1.82, 2.24) is 20.1 Å². The van der Waals surface area contributed by atoms with E-state index in [9.17, 15) is 4.79 Å². The van der Waals surface area contributed by atoms with Crippen LogP contribution in [0.1, 0.15) is 39.9 Å². The van der Waals surface area contributed by atoms with E-state index in [1.807, 2.05) is 67.9 Å². The summed E-state index contributed by atoms with van der Waals surface area (Å²) in [7, 11) is 0. The minimum Gasteiger partial charge on any atom is -0.349 e. The van der Waals surface area contributed by atoms with Crippen molar-refractivity contribution in [3.63, 3.8) is 0 Å². The smallest absolute Gasteiger partial charge is 0.251 e. The highest BCUT2D eigenvalue weighted by Crippen LogP contribution is 2.10. The Hall–Kier alpha value is -2.95. The molecule has 1 atom stereocenters.